The second-order valence-corrected chi connectivity index (χ2v) is 7.99. The Bertz CT molecular complexity index is 941. The fourth-order valence-electron chi connectivity index (χ4n) is 2.80. The predicted molar refractivity (Wildman–Crippen MR) is 92.7 cm³/mol. The molecule has 5 nitrogen and oxygen atoms in total. The van der Waals surface area contributed by atoms with Gasteiger partial charge in [-0.3, -0.25) is 4.72 Å². The first-order valence-corrected chi connectivity index (χ1v) is 9.39. The summed E-state index contributed by atoms with van der Waals surface area (Å²) in [6.07, 6.45) is 2.06. The van der Waals surface area contributed by atoms with E-state index in [1.165, 1.54) is 24.3 Å². The summed E-state index contributed by atoms with van der Waals surface area (Å²) in [4.78, 5) is 11.3. The number of anilines is 1. The molecule has 0 spiro atoms. The Morgan fingerprint density at radius 3 is 2.54 bits per heavy atom. The van der Waals surface area contributed by atoms with E-state index < -0.39 is 16.0 Å². The molecule has 0 unspecified atom stereocenters. The zero-order valence-electron chi connectivity index (χ0n) is 12.3. The number of nitrogens with one attached hydrogen (secondary N) is 1. The van der Waals surface area contributed by atoms with E-state index in [-0.39, 0.29) is 21.2 Å². The van der Waals surface area contributed by atoms with Gasteiger partial charge in [-0.2, -0.15) is 0 Å². The molecule has 0 saturated heterocycles. The number of carboxylic acids is 1. The van der Waals surface area contributed by atoms with Crippen molar-refractivity contribution in [1.29, 1.82) is 0 Å². The van der Waals surface area contributed by atoms with Gasteiger partial charge in [-0.1, -0.05) is 23.2 Å². The lowest BCUT2D eigenvalue weighted by molar-refractivity contribution is 0.0696. The van der Waals surface area contributed by atoms with E-state index in [4.69, 9.17) is 23.2 Å². The summed E-state index contributed by atoms with van der Waals surface area (Å²) in [7, 11) is -3.97. The fraction of sp³-hybridized carbons (Fsp3) is 0.188. The van der Waals surface area contributed by atoms with Gasteiger partial charge in [0, 0.05) is 5.02 Å². The second kappa shape index (κ2) is 6.27. The highest BCUT2D eigenvalue weighted by atomic mass is 35.5. The third-order valence-electron chi connectivity index (χ3n) is 3.89. The molecule has 24 heavy (non-hydrogen) atoms. The van der Waals surface area contributed by atoms with Crippen LogP contribution >= 0.6 is 23.2 Å². The van der Waals surface area contributed by atoms with Crippen molar-refractivity contribution in [3.63, 3.8) is 0 Å². The first-order valence-electron chi connectivity index (χ1n) is 7.15. The van der Waals surface area contributed by atoms with Gasteiger partial charge in [-0.05, 0) is 60.7 Å². The van der Waals surface area contributed by atoms with Crippen LogP contribution in [0.25, 0.3) is 0 Å². The highest BCUT2D eigenvalue weighted by molar-refractivity contribution is 7.92. The number of hydrogen-bond donors (Lipinski definition) is 2. The van der Waals surface area contributed by atoms with Crippen LogP contribution in [0.1, 0.15) is 27.9 Å². The van der Waals surface area contributed by atoms with Crippen LogP contribution in [0, 0.1) is 0 Å². The van der Waals surface area contributed by atoms with Crippen LogP contribution in [0.5, 0.6) is 0 Å². The number of hydrogen-bond acceptors (Lipinski definition) is 3. The van der Waals surface area contributed by atoms with Gasteiger partial charge in [0.05, 0.1) is 21.2 Å². The number of aromatic carboxylic acids is 1. The molecule has 0 radical (unpaired) electrons. The first kappa shape index (κ1) is 17.1. The summed E-state index contributed by atoms with van der Waals surface area (Å²) in [6.45, 7) is 0. The Morgan fingerprint density at radius 1 is 1.12 bits per heavy atom. The molecule has 126 valence electrons. The van der Waals surface area contributed by atoms with E-state index in [0.717, 1.165) is 12.0 Å². The molecule has 0 aliphatic heterocycles. The maximum Gasteiger partial charge on any atom is 0.335 e. The Morgan fingerprint density at radius 2 is 1.88 bits per heavy atom. The molecule has 0 atom stereocenters. The van der Waals surface area contributed by atoms with Crippen LogP contribution in [0.15, 0.2) is 35.2 Å². The zero-order valence-corrected chi connectivity index (χ0v) is 14.7. The molecule has 3 rings (SSSR count). The lowest BCUT2D eigenvalue weighted by Gasteiger charge is -2.14. The fourth-order valence-corrected chi connectivity index (χ4v) is 4.73. The molecule has 1 aliphatic carbocycles. The number of rotatable bonds is 4. The third kappa shape index (κ3) is 3.22. The molecule has 2 N–H and O–H groups in total. The molecule has 2 aromatic carbocycles. The number of carbonyl (C=O) groups is 1. The van der Waals surface area contributed by atoms with Crippen LogP contribution in [-0.4, -0.2) is 19.5 Å². The number of sulfonamides is 1. The van der Waals surface area contributed by atoms with Crippen molar-refractivity contribution in [2.24, 2.45) is 0 Å². The molecule has 1 aliphatic rings. The van der Waals surface area contributed by atoms with Crippen molar-refractivity contribution < 1.29 is 18.3 Å². The summed E-state index contributed by atoms with van der Waals surface area (Å²) in [5.74, 6) is -1.16. The summed E-state index contributed by atoms with van der Waals surface area (Å²) in [5.41, 5.74) is 1.57. The van der Waals surface area contributed by atoms with Crippen molar-refractivity contribution in [3.8, 4) is 0 Å². The second-order valence-electron chi connectivity index (χ2n) is 5.50. The highest BCUT2D eigenvalue weighted by Crippen LogP contribution is 2.33. The topological polar surface area (TPSA) is 83.5 Å². The molecule has 0 aromatic heterocycles. The maximum atomic E-state index is 12.8. The number of aryl methyl sites for hydroxylation is 1. The Hall–Kier alpha value is -1.76. The SMILES string of the molecule is O=C(O)c1cc2c(c(S(=O)(=O)Nc3ccc(Cl)cc3Cl)c1)CCC2. The van der Waals surface area contributed by atoms with Gasteiger partial charge in [0.2, 0.25) is 0 Å². The van der Waals surface area contributed by atoms with E-state index in [0.29, 0.717) is 23.4 Å². The average molecular weight is 386 g/mol. The summed E-state index contributed by atoms with van der Waals surface area (Å²) >= 11 is 11.8. The van der Waals surface area contributed by atoms with Crippen LogP contribution in [-0.2, 0) is 22.9 Å². The number of fused-ring (bicyclic) bond motifs is 1. The van der Waals surface area contributed by atoms with Crippen molar-refractivity contribution in [3.05, 3.63) is 57.1 Å². The standard InChI is InChI=1S/C16H13Cl2NO4S/c17-11-4-5-14(13(18)8-11)19-24(22,23)15-7-10(16(20)21)6-9-2-1-3-12(9)15/h4-8,19H,1-3H2,(H,20,21). The van der Waals surface area contributed by atoms with E-state index in [9.17, 15) is 18.3 Å². The van der Waals surface area contributed by atoms with Gasteiger partial charge in [-0.25, -0.2) is 13.2 Å². The number of halogens is 2. The number of benzene rings is 2. The largest absolute Gasteiger partial charge is 0.478 e. The smallest absolute Gasteiger partial charge is 0.335 e. The minimum absolute atomic E-state index is 0.0130. The predicted octanol–water partition coefficient (Wildman–Crippen LogP) is 3.98. The zero-order chi connectivity index (χ0) is 17.5. The van der Waals surface area contributed by atoms with E-state index >= 15 is 0 Å². The molecule has 0 heterocycles. The lowest BCUT2D eigenvalue weighted by atomic mass is 10.1. The van der Waals surface area contributed by atoms with Crippen molar-refractivity contribution in [2.45, 2.75) is 24.2 Å². The molecule has 8 heteroatoms. The molecule has 0 saturated carbocycles. The molecular weight excluding hydrogens is 373 g/mol. The molecule has 0 fully saturated rings. The van der Waals surface area contributed by atoms with Crippen LogP contribution in [0.4, 0.5) is 5.69 Å². The van der Waals surface area contributed by atoms with Crippen molar-refractivity contribution in [1.82, 2.24) is 0 Å². The minimum atomic E-state index is -3.97. The average Bonchev–Trinajstić information content (AvgIpc) is 2.97. The molecule has 0 amide bonds. The summed E-state index contributed by atoms with van der Waals surface area (Å²) in [5, 5.41) is 9.77. The van der Waals surface area contributed by atoms with Crippen LogP contribution in [0.3, 0.4) is 0 Å². The quantitative estimate of drug-likeness (QED) is 0.833. The van der Waals surface area contributed by atoms with Gasteiger partial charge >= 0.3 is 5.97 Å². The van der Waals surface area contributed by atoms with E-state index in [1.54, 1.807) is 6.07 Å². The van der Waals surface area contributed by atoms with Crippen molar-refractivity contribution >= 4 is 44.9 Å². The highest BCUT2D eigenvalue weighted by Gasteiger charge is 2.26. The van der Waals surface area contributed by atoms with Gasteiger partial charge < -0.3 is 5.11 Å². The summed E-state index contributed by atoms with van der Waals surface area (Å²) < 4.78 is 28.0. The monoisotopic (exact) mass is 385 g/mol. The Labute approximate surface area is 149 Å². The number of carboxylic acid groups (broad SMARTS) is 1. The van der Waals surface area contributed by atoms with E-state index in [1.807, 2.05) is 0 Å². The summed E-state index contributed by atoms with van der Waals surface area (Å²) in [6, 6.07) is 7.14. The normalized spacial score (nSPS) is 13.6. The lowest BCUT2D eigenvalue weighted by Crippen LogP contribution is -2.16. The minimum Gasteiger partial charge on any atom is -0.478 e. The van der Waals surface area contributed by atoms with Crippen LogP contribution in [0.2, 0.25) is 10.0 Å². The third-order valence-corrected chi connectivity index (χ3v) is 5.87. The Kier molecular flexibility index (Phi) is 4.46. The van der Waals surface area contributed by atoms with E-state index in [2.05, 4.69) is 4.72 Å². The molecular formula is C16H13Cl2NO4S. The van der Waals surface area contributed by atoms with Crippen molar-refractivity contribution in [2.75, 3.05) is 4.72 Å². The van der Waals surface area contributed by atoms with Gasteiger partial charge in [-0.15, -0.1) is 0 Å². The van der Waals surface area contributed by atoms with Gasteiger partial charge in [0.25, 0.3) is 10.0 Å². The van der Waals surface area contributed by atoms with Crippen LogP contribution < -0.4 is 4.72 Å². The first-order chi connectivity index (χ1) is 11.3. The van der Waals surface area contributed by atoms with Gasteiger partial charge in [0.15, 0.2) is 0 Å². The molecule has 0 bridgehead atoms. The maximum absolute atomic E-state index is 12.8. The Balaban J connectivity index is 2.08. The van der Waals surface area contributed by atoms with Gasteiger partial charge in [0.1, 0.15) is 0 Å². The molecule has 2 aromatic rings.